The number of carboxylic acid groups (broad SMARTS) is 1. The van der Waals surface area contributed by atoms with Crippen molar-refractivity contribution < 1.29 is 14.6 Å². The van der Waals surface area contributed by atoms with Crippen LogP contribution in [0.4, 0.5) is 4.79 Å². The van der Waals surface area contributed by atoms with Crippen molar-refractivity contribution in [2.75, 3.05) is 26.2 Å². The highest BCUT2D eigenvalue weighted by Crippen LogP contribution is 2.40. The van der Waals surface area contributed by atoms with E-state index in [-0.39, 0.29) is 23.7 Å². The van der Waals surface area contributed by atoms with Gasteiger partial charge in [-0.05, 0) is 28.8 Å². The first kappa shape index (κ1) is 18.2. The summed E-state index contributed by atoms with van der Waals surface area (Å²) < 4.78 is 6.51. The SMILES string of the molecule is Cc1c([C@H]2CN3CCN(C(=O)O)C[C@H]3C(C(C)(C)C)O2)csc1C#N. The Hall–Kier alpha value is -1.62. The number of hydrogen-bond acceptors (Lipinski definition) is 5. The minimum atomic E-state index is -0.859. The van der Waals surface area contributed by atoms with E-state index in [1.165, 1.54) is 16.2 Å². The van der Waals surface area contributed by atoms with E-state index < -0.39 is 6.09 Å². The molecule has 0 saturated carbocycles. The summed E-state index contributed by atoms with van der Waals surface area (Å²) >= 11 is 1.47. The van der Waals surface area contributed by atoms with E-state index in [9.17, 15) is 15.2 Å². The molecular formula is C18H25N3O3S. The number of nitriles is 1. The molecular weight excluding hydrogens is 338 g/mol. The lowest BCUT2D eigenvalue weighted by Crippen LogP contribution is -2.65. The molecule has 25 heavy (non-hydrogen) atoms. The molecule has 3 heterocycles. The molecule has 2 fully saturated rings. The molecule has 0 bridgehead atoms. The van der Waals surface area contributed by atoms with E-state index in [1.54, 1.807) is 0 Å². The molecule has 2 aliphatic heterocycles. The molecule has 2 aliphatic rings. The summed E-state index contributed by atoms with van der Waals surface area (Å²) in [6.07, 6.45) is -1.00. The van der Waals surface area contributed by atoms with Crippen molar-refractivity contribution in [1.29, 1.82) is 5.26 Å². The van der Waals surface area contributed by atoms with Crippen LogP contribution in [-0.2, 0) is 4.74 Å². The minimum Gasteiger partial charge on any atom is -0.465 e. The summed E-state index contributed by atoms with van der Waals surface area (Å²) in [5.41, 5.74) is 1.99. The summed E-state index contributed by atoms with van der Waals surface area (Å²) in [6.45, 7) is 10.9. The zero-order valence-electron chi connectivity index (χ0n) is 15.2. The summed E-state index contributed by atoms with van der Waals surface area (Å²) in [6, 6.07) is 2.31. The van der Waals surface area contributed by atoms with Crippen molar-refractivity contribution in [3.05, 3.63) is 21.4 Å². The maximum absolute atomic E-state index is 11.4. The fourth-order valence-electron chi connectivity index (χ4n) is 3.87. The second-order valence-electron chi connectivity index (χ2n) is 7.96. The zero-order valence-corrected chi connectivity index (χ0v) is 16.0. The summed E-state index contributed by atoms with van der Waals surface area (Å²) in [4.78, 5) is 16.0. The number of rotatable bonds is 1. The predicted molar refractivity (Wildman–Crippen MR) is 95.8 cm³/mol. The second kappa shape index (κ2) is 6.60. The van der Waals surface area contributed by atoms with Gasteiger partial charge in [0.2, 0.25) is 0 Å². The van der Waals surface area contributed by atoms with Crippen LogP contribution in [0.1, 0.15) is 42.9 Å². The molecule has 0 radical (unpaired) electrons. The molecule has 7 heteroatoms. The Labute approximate surface area is 152 Å². The van der Waals surface area contributed by atoms with Crippen LogP contribution in [0.25, 0.3) is 0 Å². The lowest BCUT2D eigenvalue weighted by molar-refractivity contribution is -0.173. The molecule has 1 N–H and O–H groups in total. The third-order valence-corrected chi connectivity index (χ3v) is 6.25. The number of thiophene rings is 1. The molecule has 136 valence electrons. The van der Waals surface area contributed by atoms with Crippen LogP contribution in [0, 0.1) is 23.7 Å². The molecule has 0 aromatic carbocycles. The van der Waals surface area contributed by atoms with E-state index in [0.717, 1.165) is 29.1 Å². The van der Waals surface area contributed by atoms with Crippen molar-refractivity contribution in [2.24, 2.45) is 5.41 Å². The van der Waals surface area contributed by atoms with Crippen LogP contribution in [0.5, 0.6) is 0 Å². The molecule has 1 amide bonds. The quantitative estimate of drug-likeness (QED) is 0.830. The van der Waals surface area contributed by atoms with E-state index >= 15 is 0 Å². The first-order valence-corrected chi connectivity index (χ1v) is 9.45. The van der Waals surface area contributed by atoms with Gasteiger partial charge in [0.1, 0.15) is 10.9 Å². The number of amides is 1. The third-order valence-electron chi connectivity index (χ3n) is 5.24. The molecule has 6 nitrogen and oxygen atoms in total. The third kappa shape index (κ3) is 3.39. The van der Waals surface area contributed by atoms with Gasteiger partial charge in [-0.1, -0.05) is 20.8 Å². The Morgan fingerprint density at radius 2 is 2.12 bits per heavy atom. The van der Waals surface area contributed by atoms with Crippen LogP contribution in [0.2, 0.25) is 0 Å². The van der Waals surface area contributed by atoms with Gasteiger partial charge in [0.05, 0.1) is 18.2 Å². The second-order valence-corrected chi connectivity index (χ2v) is 8.84. The topological polar surface area (TPSA) is 76.8 Å². The zero-order chi connectivity index (χ0) is 18.4. The molecule has 3 atom stereocenters. The number of ether oxygens (including phenoxy) is 1. The van der Waals surface area contributed by atoms with Gasteiger partial charge in [0.25, 0.3) is 0 Å². The largest absolute Gasteiger partial charge is 0.465 e. The van der Waals surface area contributed by atoms with Gasteiger partial charge in [0, 0.05) is 26.2 Å². The van der Waals surface area contributed by atoms with Crippen molar-refractivity contribution in [3.8, 4) is 6.07 Å². The van der Waals surface area contributed by atoms with Crippen molar-refractivity contribution in [2.45, 2.75) is 45.9 Å². The minimum absolute atomic E-state index is 0.0653. The molecule has 2 saturated heterocycles. The van der Waals surface area contributed by atoms with Gasteiger partial charge >= 0.3 is 6.09 Å². The van der Waals surface area contributed by atoms with Crippen molar-refractivity contribution >= 4 is 17.4 Å². The van der Waals surface area contributed by atoms with Gasteiger partial charge in [-0.15, -0.1) is 11.3 Å². The molecule has 1 aromatic heterocycles. The van der Waals surface area contributed by atoms with Gasteiger partial charge in [-0.3, -0.25) is 4.90 Å². The molecule has 3 rings (SSSR count). The molecule has 0 aliphatic carbocycles. The van der Waals surface area contributed by atoms with Gasteiger partial charge < -0.3 is 14.7 Å². The van der Waals surface area contributed by atoms with E-state index in [2.05, 4.69) is 31.7 Å². The van der Waals surface area contributed by atoms with Crippen LogP contribution in [-0.4, -0.2) is 59.3 Å². The van der Waals surface area contributed by atoms with E-state index in [4.69, 9.17) is 4.74 Å². The van der Waals surface area contributed by atoms with E-state index in [0.29, 0.717) is 13.1 Å². The molecule has 1 aromatic rings. The Bertz CT molecular complexity index is 703. The summed E-state index contributed by atoms with van der Waals surface area (Å²) in [5, 5.41) is 20.6. The molecule has 0 spiro atoms. The number of piperazine rings is 1. The van der Waals surface area contributed by atoms with Crippen molar-refractivity contribution in [3.63, 3.8) is 0 Å². The smallest absolute Gasteiger partial charge is 0.407 e. The van der Waals surface area contributed by atoms with Gasteiger partial charge in [-0.25, -0.2) is 4.79 Å². The maximum atomic E-state index is 11.4. The first-order valence-electron chi connectivity index (χ1n) is 8.58. The Morgan fingerprint density at radius 3 is 2.68 bits per heavy atom. The fraction of sp³-hybridized carbons (Fsp3) is 0.667. The predicted octanol–water partition coefficient (Wildman–Crippen LogP) is 3.08. The number of nitrogens with zero attached hydrogens (tertiary/aromatic N) is 3. The number of carbonyl (C=O) groups is 1. The van der Waals surface area contributed by atoms with Crippen LogP contribution in [0.15, 0.2) is 5.38 Å². The van der Waals surface area contributed by atoms with Gasteiger partial charge in [-0.2, -0.15) is 5.26 Å². The maximum Gasteiger partial charge on any atom is 0.407 e. The Balaban J connectivity index is 1.89. The van der Waals surface area contributed by atoms with E-state index in [1.807, 2.05) is 12.3 Å². The Kier molecular flexibility index (Phi) is 4.80. The summed E-state index contributed by atoms with van der Waals surface area (Å²) in [5.74, 6) is 0. The Morgan fingerprint density at radius 1 is 1.40 bits per heavy atom. The summed E-state index contributed by atoms with van der Waals surface area (Å²) in [7, 11) is 0. The first-order chi connectivity index (χ1) is 11.7. The molecule has 1 unspecified atom stereocenters. The van der Waals surface area contributed by atoms with Crippen LogP contribution < -0.4 is 0 Å². The average molecular weight is 363 g/mol. The number of morpholine rings is 1. The monoisotopic (exact) mass is 363 g/mol. The lowest BCUT2D eigenvalue weighted by atomic mass is 9.81. The van der Waals surface area contributed by atoms with Crippen LogP contribution >= 0.6 is 11.3 Å². The lowest BCUT2D eigenvalue weighted by Gasteiger charge is -2.52. The van der Waals surface area contributed by atoms with Gasteiger partial charge in [0.15, 0.2) is 0 Å². The number of hydrogen-bond donors (Lipinski definition) is 1. The highest BCUT2D eigenvalue weighted by Gasteiger charge is 2.46. The van der Waals surface area contributed by atoms with Crippen molar-refractivity contribution in [1.82, 2.24) is 9.80 Å². The van der Waals surface area contributed by atoms with Crippen LogP contribution in [0.3, 0.4) is 0 Å². The standard InChI is InChI=1S/C18H25N3O3S/c1-11-12(10-25-15(11)7-19)14-9-20-5-6-21(17(22)23)8-13(20)16(24-14)18(2,3)4/h10,13-14,16H,5-6,8-9H2,1-4H3,(H,22,23)/t13-,14+,16?/m0/s1. The average Bonchev–Trinajstić information content (AvgIpc) is 2.93. The normalized spacial score (nSPS) is 27.6. The highest BCUT2D eigenvalue weighted by atomic mass is 32.1. The fourth-order valence-corrected chi connectivity index (χ4v) is 4.79. The number of fused-ring (bicyclic) bond motifs is 1. The highest BCUT2D eigenvalue weighted by molar-refractivity contribution is 7.10.